The number of benzene rings is 2. The van der Waals surface area contributed by atoms with E-state index in [1.54, 1.807) is 6.92 Å². The highest BCUT2D eigenvalue weighted by Crippen LogP contribution is 2.47. The minimum absolute atomic E-state index is 0.0604. The first kappa shape index (κ1) is 17.7. The van der Waals surface area contributed by atoms with Crippen LogP contribution in [-0.4, -0.2) is 24.5 Å². The third-order valence-electron chi connectivity index (χ3n) is 4.87. The van der Waals surface area contributed by atoms with E-state index in [9.17, 15) is 9.59 Å². The van der Waals surface area contributed by atoms with E-state index in [1.165, 1.54) is 42.7 Å². The smallest absolute Gasteiger partial charge is 0.356 e. The number of Topliss-reactive ketones (excluding diaryl/α,β-unsaturated/α-hetero) is 1. The van der Waals surface area contributed by atoms with Gasteiger partial charge in [0.05, 0.1) is 36.0 Å². The number of methoxy groups -OCH3 is 1. The van der Waals surface area contributed by atoms with Gasteiger partial charge in [0.2, 0.25) is 5.78 Å². The molecule has 0 saturated carbocycles. The second-order valence-electron chi connectivity index (χ2n) is 6.50. The number of carbonyl (C=O) groups excluding carboxylic acids is 2. The lowest BCUT2D eigenvalue weighted by molar-refractivity contribution is -0.157. The van der Waals surface area contributed by atoms with Crippen molar-refractivity contribution in [2.24, 2.45) is 0 Å². The Balaban J connectivity index is 1.97. The highest BCUT2D eigenvalue weighted by molar-refractivity contribution is 6.20. The molecule has 2 atom stereocenters. The van der Waals surface area contributed by atoms with E-state index in [4.69, 9.17) is 14.4 Å². The number of hydrogen-bond acceptors (Lipinski definition) is 6. The van der Waals surface area contributed by atoms with Gasteiger partial charge in [-0.2, -0.15) is 5.26 Å². The fraction of sp³-hybridized carbons (Fsp3) is 0.190. The first-order chi connectivity index (χ1) is 13.4. The summed E-state index contributed by atoms with van der Waals surface area (Å²) < 4.78 is 31.9. The van der Waals surface area contributed by atoms with Crippen molar-refractivity contribution in [1.29, 1.82) is 5.26 Å². The number of nitrogens with zero attached hydrogens (tertiary/aromatic N) is 1. The van der Waals surface area contributed by atoms with Crippen LogP contribution in [-0.2, 0) is 9.53 Å². The second-order valence-corrected chi connectivity index (χ2v) is 6.50. The van der Waals surface area contributed by atoms with E-state index in [1.807, 2.05) is 6.07 Å². The molecule has 0 radical (unpaired) electrons. The van der Waals surface area contributed by atoms with E-state index in [-0.39, 0.29) is 16.9 Å². The molecular weight excluding hydrogens is 365 g/mol. The summed E-state index contributed by atoms with van der Waals surface area (Å²) >= 11 is 0. The van der Waals surface area contributed by atoms with Crippen LogP contribution in [0.25, 0.3) is 11.0 Å². The number of halogens is 1. The largest absolute Gasteiger partial charge is 0.480 e. The normalized spacial score (nSPS) is 20.9. The Kier molecular flexibility index (Phi) is 3.93. The minimum atomic E-state index is -3.07. The van der Waals surface area contributed by atoms with Crippen LogP contribution in [0.3, 0.4) is 0 Å². The van der Waals surface area contributed by atoms with Gasteiger partial charge >= 0.3 is 11.6 Å². The number of ether oxygens (including phenoxy) is 2. The van der Waals surface area contributed by atoms with Crippen LogP contribution in [0.15, 0.2) is 47.1 Å². The Morgan fingerprint density at radius 3 is 2.61 bits per heavy atom. The van der Waals surface area contributed by atoms with Gasteiger partial charge in [-0.25, -0.2) is 9.18 Å². The summed E-state index contributed by atoms with van der Waals surface area (Å²) in [6.07, 6.45) is -0.0692. The Hall–Kier alpha value is -3.66. The Bertz CT molecular complexity index is 1160. The summed E-state index contributed by atoms with van der Waals surface area (Å²) in [6.45, 7) is 1.77. The number of carbonyl (C=O) groups is 2. The van der Waals surface area contributed by atoms with Crippen molar-refractivity contribution in [3.63, 3.8) is 0 Å². The molecule has 0 bridgehead atoms. The Labute approximate surface area is 159 Å². The van der Waals surface area contributed by atoms with Gasteiger partial charge in [0.15, 0.2) is 6.10 Å². The number of fused-ring (bicyclic) bond motifs is 3. The molecule has 28 heavy (non-hydrogen) atoms. The van der Waals surface area contributed by atoms with Crippen molar-refractivity contribution < 1.29 is 27.9 Å². The Morgan fingerprint density at radius 1 is 1.25 bits per heavy atom. The number of aryl methyl sites for hydroxylation is 1. The minimum Gasteiger partial charge on any atom is -0.480 e. The molecule has 1 aliphatic rings. The monoisotopic (exact) mass is 379 g/mol. The lowest BCUT2D eigenvalue weighted by Crippen LogP contribution is -2.52. The van der Waals surface area contributed by atoms with E-state index < -0.39 is 23.5 Å². The van der Waals surface area contributed by atoms with Crippen LogP contribution in [0, 0.1) is 18.3 Å². The predicted octanol–water partition coefficient (Wildman–Crippen LogP) is 3.81. The maximum atomic E-state index is 16.0. The molecule has 0 spiro atoms. The van der Waals surface area contributed by atoms with E-state index in [0.717, 1.165) is 7.11 Å². The van der Waals surface area contributed by atoms with Crippen molar-refractivity contribution in [1.82, 2.24) is 0 Å². The van der Waals surface area contributed by atoms with Crippen molar-refractivity contribution in [2.45, 2.75) is 18.7 Å². The van der Waals surface area contributed by atoms with Crippen molar-refractivity contribution in [2.75, 3.05) is 7.11 Å². The maximum Gasteiger partial charge on any atom is 0.356 e. The number of hydrogen-bond donors (Lipinski definition) is 0. The summed E-state index contributed by atoms with van der Waals surface area (Å²) in [6, 6.07) is 10.7. The number of esters is 1. The topological polar surface area (TPSA) is 89.5 Å². The molecule has 6 nitrogen and oxygen atoms in total. The zero-order valence-corrected chi connectivity index (χ0v) is 15.0. The highest BCUT2D eigenvalue weighted by Gasteiger charge is 2.60. The van der Waals surface area contributed by atoms with Crippen LogP contribution in [0.4, 0.5) is 4.39 Å². The molecule has 4 rings (SSSR count). The van der Waals surface area contributed by atoms with E-state index in [0.29, 0.717) is 22.1 Å². The molecule has 2 aromatic carbocycles. The maximum absolute atomic E-state index is 16.0. The average Bonchev–Trinajstić information content (AvgIpc) is 3.11. The Morgan fingerprint density at radius 2 is 1.96 bits per heavy atom. The van der Waals surface area contributed by atoms with Crippen molar-refractivity contribution >= 4 is 22.7 Å². The molecule has 0 saturated heterocycles. The molecule has 2 unspecified atom stereocenters. The number of ketones is 1. The highest BCUT2D eigenvalue weighted by atomic mass is 19.1. The van der Waals surface area contributed by atoms with Gasteiger partial charge in [0.1, 0.15) is 11.3 Å². The lowest BCUT2D eigenvalue weighted by atomic mass is 9.82. The van der Waals surface area contributed by atoms with Gasteiger partial charge in [-0.15, -0.1) is 0 Å². The third kappa shape index (κ3) is 2.31. The fourth-order valence-corrected chi connectivity index (χ4v) is 3.44. The van der Waals surface area contributed by atoms with Gasteiger partial charge < -0.3 is 13.9 Å². The van der Waals surface area contributed by atoms with Crippen LogP contribution in [0.2, 0.25) is 0 Å². The molecule has 1 aliphatic heterocycles. The number of furan rings is 1. The predicted molar refractivity (Wildman–Crippen MR) is 95.7 cm³/mol. The molecule has 7 heteroatoms. The van der Waals surface area contributed by atoms with Crippen molar-refractivity contribution in [3.05, 3.63) is 64.9 Å². The van der Waals surface area contributed by atoms with Gasteiger partial charge in [-0.3, -0.25) is 4.79 Å². The average molecular weight is 379 g/mol. The molecule has 2 heterocycles. The van der Waals surface area contributed by atoms with Crippen LogP contribution >= 0.6 is 0 Å². The summed E-state index contributed by atoms with van der Waals surface area (Å²) in [5, 5.41) is 9.51. The zero-order chi connectivity index (χ0) is 20.1. The molecule has 0 N–H and O–H groups in total. The number of alkyl halides is 1. The second kappa shape index (κ2) is 6.20. The molecular formula is C21H14FNO5. The third-order valence-corrected chi connectivity index (χ3v) is 4.87. The quantitative estimate of drug-likeness (QED) is 0.497. The van der Waals surface area contributed by atoms with Crippen molar-refractivity contribution in [3.8, 4) is 11.8 Å². The van der Waals surface area contributed by atoms with Crippen LogP contribution < -0.4 is 4.74 Å². The molecule has 140 valence electrons. The van der Waals surface area contributed by atoms with Gasteiger partial charge in [0.25, 0.3) is 0 Å². The lowest BCUT2D eigenvalue weighted by Gasteiger charge is -2.35. The molecule has 0 fully saturated rings. The summed E-state index contributed by atoms with van der Waals surface area (Å²) in [5.74, 6) is -2.24. The van der Waals surface area contributed by atoms with E-state index >= 15 is 4.39 Å². The molecule has 3 aromatic rings. The molecule has 0 aliphatic carbocycles. The fourth-order valence-electron chi connectivity index (χ4n) is 3.44. The van der Waals surface area contributed by atoms with Gasteiger partial charge in [-0.05, 0) is 42.3 Å². The summed E-state index contributed by atoms with van der Waals surface area (Å²) in [5.41, 5.74) is -1.36. The summed E-state index contributed by atoms with van der Waals surface area (Å²) in [7, 11) is 1.01. The zero-order valence-electron chi connectivity index (χ0n) is 15.0. The standard InChI is InChI=1S/C21H14FNO5/c1-11-10-27-15-8-7-14-17(16(11)15)28-19(13-5-3-12(9-23)4-6-13)21(22,18(14)24)20(25)26-2/h3-8,10,19H,1-2H3. The van der Waals surface area contributed by atoms with Crippen LogP contribution in [0.5, 0.6) is 5.75 Å². The molecule has 1 aromatic heterocycles. The van der Waals surface area contributed by atoms with E-state index in [2.05, 4.69) is 4.74 Å². The number of nitriles is 1. The SMILES string of the molecule is COC(=O)C1(F)C(=O)c2ccc3occ(C)c3c2OC1c1ccc(C#N)cc1. The first-order valence-electron chi connectivity index (χ1n) is 8.41. The van der Waals surface area contributed by atoms with Crippen LogP contribution in [0.1, 0.15) is 33.2 Å². The van der Waals surface area contributed by atoms with Gasteiger partial charge in [0, 0.05) is 0 Å². The van der Waals surface area contributed by atoms with Gasteiger partial charge in [-0.1, -0.05) is 12.1 Å². The number of rotatable bonds is 2. The first-order valence-corrected chi connectivity index (χ1v) is 8.41. The molecule has 0 amide bonds. The summed E-state index contributed by atoms with van der Waals surface area (Å²) in [4.78, 5) is 25.4.